The summed E-state index contributed by atoms with van der Waals surface area (Å²) < 4.78 is 0.960. The van der Waals surface area contributed by atoms with Gasteiger partial charge in [0.05, 0.1) is 0 Å². The Labute approximate surface area is 117 Å². The summed E-state index contributed by atoms with van der Waals surface area (Å²) in [5.41, 5.74) is 1.69. The Balaban J connectivity index is 0.00000256. The van der Waals surface area contributed by atoms with Gasteiger partial charge in [0.25, 0.3) is 5.91 Å². The first kappa shape index (κ1) is 16.4. The van der Waals surface area contributed by atoms with Crippen LogP contribution < -0.4 is 10.6 Å². The molecule has 5 heteroatoms. The van der Waals surface area contributed by atoms with Gasteiger partial charge in [0, 0.05) is 22.6 Å². The van der Waals surface area contributed by atoms with Crippen LogP contribution in [0.2, 0.25) is 0 Å². The minimum Gasteiger partial charge on any atom is -0.350 e. The van der Waals surface area contributed by atoms with E-state index in [1.807, 2.05) is 39.1 Å². The van der Waals surface area contributed by atoms with Crippen LogP contribution in [0.15, 0.2) is 22.7 Å². The lowest BCUT2D eigenvalue weighted by Crippen LogP contribution is -2.37. The van der Waals surface area contributed by atoms with Crippen molar-refractivity contribution in [2.24, 2.45) is 0 Å². The maximum absolute atomic E-state index is 11.9. The van der Waals surface area contributed by atoms with E-state index in [1.165, 1.54) is 0 Å². The van der Waals surface area contributed by atoms with Crippen LogP contribution in [0.25, 0.3) is 0 Å². The zero-order chi connectivity index (χ0) is 12.1. The predicted octanol–water partition coefficient (Wildman–Crippen LogP) is 2.52. The molecule has 0 bridgehead atoms. The summed E-state index contributed by atoms with van der Waals surface area (Å²) in [6, 6.07) is 5.91. The zero-order valence-corrected chi connectivity index (χ0v) is 12.6. The normalized spacial score (nSPS) is 11.5. The second-order valence-electron chi connectivity index (χ2n) is 3.81. The van der Waals surface area contributed by atoms with Crippen molar-refractivity contribution >= 4 is 34.2 Å². The van der Waals surface area contributed by atoms with Gasteiger partial charge in [0.1, 0.15) is 0 Å². The molecule has 0 aromatic heterocycles. The van der Waals surface area contributed by atoms with E-state index in [1.54, 1.807) is 0 Å². The van der Waals surface area contributed by atoms with Crippen molar-refractivity contribution in [3.8, 4) is 0 Å². The Morgan fingerprint density at radius 1 is 1.47 bits per heavy atom. The Morgan fingerprint density at radius 3 is 2.71 bits per heavy atom. The second-order valence-corrected chi connectivity index (χ2v) is 4.67. The van der Waals surface area contributed by atoms with Gasteiger partial charge >= 0.3 is 0 Å². The van der Waals surface area contributed by atoms with E-state index in [9.17, 15) is 4.79 Å². The predicted molar refractivity (Wildman–Crippen MR) is 77.0 cm³/mol. The first-order chi connectivity index (χ1) is 7.56. The summed E-state index contributed by atoms with van der Waals surface area (Å²) >= 11 is 3.42. The maximum Gasteiger partial charge on any atom is 0.251 e. The molecule has 0 aliphatic rings. The average molecular weight is 322 g/mol. The SMILES string of the molecule is CNC(C)CNC(=O)c1cccc(Br)c1C.Cl. The molecule has 0 heterocycles. The molecule has 1 rings (SSSR count). The standard InChI is InChI=1S/C12H17BrN2O.ClH/c1-8(14-3)7-15-12(16)10-5-4-6-11(13)9(10)2;/h4-6,8,14H,7H2,1-3H3,(H,15,16);1H. The van der Waals surface area contributed by atoms with Crippen LogP contribution in [0.5, 0.6) is 0 Å². The summed E-state index contributed by atoms with van der Waals surface area (Å²) in [6.07, 6.45) is 0. The van der Waals surface area contributed by atoms with E-state index in [4.69, 9.17) is 0 Å². The molecule has 0 saturated heterocycles. The smallest absolute Gasteiger partial charge is 0.251 e. The van der Waals surface area contributed by atoms with Crippen molar-refractivity contribution in [3.63, 3.8) is 0 Å². The van der Waals surface area contributed by atoms with Crippen LogP contribution in [0.1, 0.15) is 22.8 Å². The number of carbonyl (C=O) groups excluding carboxylic acids is 1. The van der Waals surface area contributed by atoms with E-state index in [2.05, 4.69) is 26.6 Å². The number of halogens is 2. The molecule has 0 saturated carbocycles. The lowest BCUT2D eigenvalue weighted by atomic mass is 10.1. The fraction of sp³-hybridized carbons (Fsp3) is 0.417. The van der Waals surface area contributed by atoms with Gasteiger partial charge < -0.3 is 10.6 Å². The van der Waals surface area contributed by atoms with Crippen molar-refractivity contribution in [1.82, 2.24) is 10.6 Å². The summed E-state index contributed by atoms with van der Waals surface area (Å²) in [5.74, 6) is -0.0269. The van der Waals surface area contributed by atoms with Crippen LogP contribution in [0, 0.1) is 6.92 Å². The van der Waals surface area contributed by atoms with Crippen LogP contribution >= 0.6 is 28.3 Å². The molecule has 1 unspecified atom stereocenters. The number of likely N-dealkylation sites (N-methyl/N-ethyl adjacent to an activating group) is 1. The third kappa shape index (κ3) is 4.66. The number of amides is 1. The number of hydrogen-bond donors (Lipinski definition) is 2. The number of nitrogens with one attached hydrogen (secondary N) is 2. The van der Waals surface area contributed by atoms with E-state index < -0.39 is 0 Å². The Bertz CT molecular complexity index is 385. The van der Waals surface area contributed by atoms with Crippen LogP contribution in [-0.4, -0.2) is 25.5 Å². The highest BCUT2D eigenvalue weighted by Gasteiger charge is 2.10. The van der Waals surface area contributed by atoms with E-state index in [0.717, 1.165) is 15.6 Å². The quantitative estimate of drug-likeness (QED) is 0.895. The molecule has 0 fully saturated rings. The lowest BCUT2D eigenvalue weighted by Gasteiger charge is -2.12. The highest BCUT2D eigenvalue weighted by atomic mass is 79.9. The molecule has 1 aromatic rings. The molecule has 3 nitrogen and oxygen atoms in total. The van der Waals surface area contributed by atoms with Crippen LogP contribution in [-0.2, 0) is 0 Å². The average Bonchev–Trinajstić information content (AvgIpc) is 2.29. The van der Waals surface area contributed by atoms with Crippen LogP contribution in [0.3, 0.4) is 0 Å². The summed E-state index contributed by atoms with van der Waals surface area (Å²) in [4.78, 5) is 11.9. The largest absolute Gasteiger partial charge is 0.350 e. The Morgan fingerprint density at radius 2 is 2.12 bits per heavy atom. The fourth-order valence-corrected chi connectivity index (χ4v) is 1.66. The van der Waals surface area contributed by atoms with Gasteiger partial charge in [0.2, 0.25) is 0 Å². The highest BCUT2D eigenvalue weighted by molar-refractivity contribution is 9.10. The van der Waals surface area contributed by atoms with E-state index >= 15 is 0 Å². The van der Waals surface area contributed by atoms with Crippen molar-refractivity contribution in [2.45, 2.75) is 19.9 Å². The fourth-order valence-electron chi connectivity index (χ4n) is 1.30. The topological polar surface area (TPSA) is 41.1 Å². The highest BCUT2D eigenvalue weighted by Crippen LogP contribution is 2.19. The molecule has 0 spiro atoms. The van der Waals surface area contributed by atoms with Crippen molar-refractivity contribution in [1.29, 1.82) is 0 Å². The van der Waals surface area contributed by atoms with Gasteiger partial charge in [-0.25, -0.2) is 0 Å². The lowest BCUT2D eigenvalue weighted by molar-refractivity contribution is 0.0950. The van der Waals surface area contributed by atoms with Gasteiger partial charge in [-0.2, -0.15) is 0 Å². The number of benzene rings is 1. The molecule has 0 aliphatic heterocycles. The zero-order valence-electron chi connectivity index (χ0n) is 10.2. The third-order valence-corrected chi connectivity index (χ3v) is 3.43. The van der Waals surface area contributed by atoms with Crippen molar-refractivity contribution in [2.75, 3.05) is 13.6 Å². The van der Waals surface area contributed by atoms with Gasteiger partial charge in [-0.1, -0.05) is 22.0 Å². The molecule has 1 atom stereocenters. The molecule has 17 heavy (non-hydrogen) atoms. The van der Waals surface area contributed by atoms with Gasteiger partial charge in [0.15, 0.2) is 0 Å². The van der Waals surface area contributed by atoms with Crippen LogP contribution in [0.4, 0.5) is 0 Å². The molecule has 1 amide bonds. The molecular formula is C12H18BrClN2O. The van der Waals surface area contributed by atoms with E-state index in [-0.39, 0.29) is 24.4 Å². The Hall–Kier alpha value is -0.580. The van der Waals surface area contributed by atoms with Gasteiger partial charge in [-0.15, -0.1) is 12.4 Å². The summed E-state index contributed by atoms with van der Waals surface area (Å²) in [5, 5.41) is 5.97. The number of rotatable bonds is 4. The first-order valence-electron chi connectivity index (χ1n) is 5.26. The van der Waals surface area contributed by atoms with Gasteiger partial charge in [-0.05, 0) is 38.6 Å². The molecule has 0 aliphatic carbocycles. The van der Waals surface area contributed by atoms with Gasteiger partial charge in [-0.3, -0.25) is 4.79 Å². The number of hydrogen-bond acceptors (Lipinski definition) is 2. The summed E-state index contributed by atoms with van der Waals surface area (Å²) in [6.45, 7) is 4.58. The Kier molecular flexibility index (Phi) is 7.43. The summed E-state index contributed by atoms with van der Waals surface area (Å²) in [7, 11) is 1.88. The minimum absolute atomic E-state index is 0. The monoisotopic (exact) mass is 320 g/mol. The van der Waals surface area contributed by atoms with E-state index in [0.29, 0.717) is 6.54 Å². The molecule has 1 aromatic carbocycles. The van der Waals surface area contributed by atoms with Crippen molar-refractivity contribution < 1.29 is 4.79 Å². The molecule has 0 radical (unpaired) electrons. The second kappa shape index (κ2) is 7.69. The molecule has 96 valence electrons. The number of carbonyl (C=O) groups is 1. The minimum atomic E-state index is -0.0269. The van der Waals surface area contributed by atoms with Crippen molar-refractivity contribution in [3.05, 3.63) is 33.8 Å². The third-order valence-electron chi connectivity index (χ3n) is 2.57. The molecular weight excluding hydrogens is 304 g/mol. The maximum atomic E-state index is 11.9. The first-order valence-corrected chi connectivity index (χ1v) is 6.06. The molecule has 2 N–H and O–H groups in total.